The highest BCUT2D eigenvalue weighted by molar-refractivity contribution is 7.13. The summed E-state index contributed by atoms with van der Waals surface area (Å²) in [6, 6.07) is 24.1. The molecule has 3 aromatic carbocycles. The lowest BCUT2D eigenvalue weighted by atomic mass is 10.1. The Balaban J connectivity index is 1.55. The summed E-state index contributed by atoms with van der Waals surface area (Å²) in [5.41, 5.74) is 2.23. The van der Waals surface area contributed by atoms with Crippen molar-refractivity contribution in [3.8, 4) is 0 Å². The van der Waals surface area contributed by atoms with E-state index in [1.54, 1.807) is 24.3 Å². The van der Waals surface area contributed by atoms with Gasteiger partial charge < -0.3 is 10.6 Å². The number of hydrogen-bond acceptors (Lipinski definition) is 4. The molecule has 0 saturated heterocycles. The molecule has 2 N–H and O–H groups in total. The van der Waals surface area contributed by atoms with E-state index in [9.17, 15) is 9.59 Å². The van der Waals surface area contributed by atoms with Gasteiger partial charge in [-0.25, -0.2) is 0 Å². The predicted octanol–water partition coefficient (Wildman–Crippen LogP) is 5.04. The lowest BCUT2D eigenvalue weighted by molar-refractivity contribution is 0.0941. The summed E-state index contributed by atoms with van der Waals surface area (Å²) in [5, 5.41) is 6.63. The van der Waals surface area contributed by atoms with Crippen LogP contribution in [0.25, 0.3) is 10.1 Å². The summed E-state index contributed by atoms with van der Waals surface area (Å²) in [4.78, 5) is 25.7. The van der Waals surface area contributed by atoms with Crippen LogP contribution in [-0.2, 0) is 0 Å². The van der Waals surface area contributed by atoms with Gasteiger partial charge in [-0.3, -0.25) is 9.59 Å². The Bertz CT molecular complexity index is 1170. The van der Waals surface area contributed by atoms with E-state index in [2.05, 4.69) is 15.0 Å². The summed E-state index contributed by atoms with van der Waals surface area (Å²) in [6.45, 7) is 1.93. The number of nitrogens with one attached hydrogen (secondary N) is 2. The number of fused-ring (bicyclic) bond motifs is 1. The molecule has 29 heavy (non-hydrogen) atoms. The fourth-order valence-corrected chi connectivity index (χ4v) is 3.89. The Hall–Kier alpha value is -3.51. The monoisotopic (exact) mass is 401 g/mol. The van der Waals surface area contributed by atoms with Crippen LogP contribution >= 0.6 is 11.5 Å². The van der Waals surface area contributed by atoms with Crippen LogP contribution in [0.2, 0.25) is 0 Å². The lowest BCUT2D eigenvalue weighted by Gasteiger charge is -2.16. The van der Waals surface area contributed by atoms with Gasteiger partial charge in [-0.05, 0) is 42.2 Å². The first-order chi connectivity index (χ1) is 14.1. The summed E-state index contributed by atoms with van der Waals surface area (Å²) in [6.07, 6.45) is 0. The quantitative estimate of drug-likeness (QED) is 0.492. The number of rotatable bonds is 5. The predicted molar refractivity (Wildman–Crippen MR) is 116 cm³/mol. The van der Waals surface area contributed by atoms with Crippen LogP contribution in [0.4, 0.5) is 5.69 Å². The number of benzene rings is 3. The molecular weight excluding hydrogens is 382 g/mol. The largest absolute Gasteiger partial charge is 0.345 e. The van der Waals surface area contributed by atoms with Gasteiger partial charge in [0.25, 0.3) is 11.8 Å². The van der Waals surface area contributed by atoms with Crippen LogP contribution < -0.4 is 10.6 Å². The van der Waals surface area contributed by atoms with E-state index in [-0.39, 0.29) is 17.9 Å². The van der Waals surface area contributed by atoms with Crippen molar-refractivity contribution in [2.45, 2.75) is 13.0 Å². The average molecular weight is 401 g/mol. The minimum Gasteiger partial charge on any atom is -0.345 e. The molecule has 2 amide bonds. The normalized spacial score (nSPS) is 11.8. The van der Waals surface area contributed by atoms with Crippen molar-refractivity contribution in [2.75, 3.05) is 5.32 Å². The van der Waals surface area contributed by atoms with Gasteiger partial charge in [-0.2, -0.15) is 4.37 Å². The SMILES string of the molecule is C[C@@H](NC(=O)c1ccccc1NC(=O)c1nsc2ccccc12)c1ccccc1. The number of hydrogen-bond donors (Lipinski definition) is 2. The van der Waals surface area contributed by atoms with E-state index in [0.717, 1.165) is 15.6 Å². The fraction of sp³-hybridized carbons (Fsp3) is 0.0870. The molecule has 4 aromatic rings. The van der Waals surface area contributed by atoms with E-state index in [0.29, 0.717) is 16.9 Å². The highest BCUT2D eigenvalue weighted by Gasteiger charge is 2.19. The molecule has 1 atom stereocenters. The second-order valence-corrected chi connectivity index (χ2v) is 7.44. The molecule has 0 saturated carbocycles. The van der Waals surface area contributed by atoms with Gasteiger partial charge in [-0.15, -0.1) is 0 Å². The molecule has 0 unspecified atom stereocenters. The number of nitrogens with zero attached hydrogens (tertiary/aromatic N) is 1. The van der Waals surface area contributed by atoms with Gasteiger partial charge in [-0.1, -0.05) is 60.7 Å². The number of carbonyl (C=O) groups is 2. The minimum absolute atomic E-state index is 0.157. The van der Waals surface area contributed by atoms with Gasteiger partial charge in [0.05, 0.1) is 22.0 Å². The van der Waals surface area contributed by atoms with Crippen molar-refractivity contribution in [1.29, 1.82) is 0 Å². The first kappa shape index (κ1) is 18.8. The number of amides is 2. The Morgan fingerprint density at radius 1 is 0.862 bits per heavy atom. The smallest absolute Gasteiger partial charge is 0.276 e. The highest BCUT2D eigenvalue weighted by Crippen LogP contribution is 2.24. The van der Waals surface area contributed by atoms with E-state index in [1.807, 2.05) is 61.5 Å². The maximum absolute atomic E-state index is 12.9. The van der Waals surface area contributed by atoms with Crippen LogP contribution in [0.5, 0.6) is 0 Å². The first-order valence-electron chi connectivity index (χ1n) is 9.24. The van der Waals surface area contributed by atoms with Crippen molar-refractivity contribution < 1.29 is 9.59 Å². The van der Waals surface area contributed by atoms with Gasteiger partial charge in [0, 0.05) is 5.39 Å². The van der Waals surface area contributed by atoms with Crippen molar-refractivity contribution >= 4 is 39.1 Å². The summed E-state index contributed by atoms with van der Waals surface area (Å²) in [7, 11) is 0. The molecule has 6 heteroatoms. The summed E-state index contributed by atoms with van der Waals surface area (Å²) in [5.74, 6) is -0.584. The number of anilines is 1. The molecular formula is C23H19N3O2S. The summed E-state index contributed by atoms with van der Waals surface area (Å²) >= 11 is 1.28. The molecule has 0 bridgehead atoms. The number of carbonyl (C=O) groups excluding carboxylic acids is 2. The van der Waals surface area contributed by atoms with Gasteiger partial charge in [0.15, 0.2) is 0 Å². The third kappa shape index (κ3) is 4.02. The Morgan fingerprint density at radius 3 is 2.38 bits per heavy atom. The second-order valence-electron chi connectivity index (χ2n) is 6.63. The van der Waals surface area contributed by atoms with Crippen molar-refractivity contribution in [2.24, 2.45) is 0 Å². The molecule has 4 rings (SSSR count). The van der Waals surface area contributed by atoms with Crippen LogP contribution in [0.15, 0.2) is 78.9 Å². The summed E-state index contributed by atoms with van der Waals surface area (Å²) < 4.78 is 5.23. The highest BCUT2D eigenvalue weighted by atomic mass is 32.1. The van der Waals surface area contributed by atoms with E-state index in [4.69, 9.17) is 0 Å². The molecule has 0 fully saturated rings. The van der Waals surface area contributed by atoms with Crippen molar-refractivity contribution in [1.82, 2.24) is 9.69 Å². The average Bonchev–Trinajstić information content (AvgIpc) is 3.19. The molecule has 0 aliphatic heterocycles. The maximum atomic E-state index is 12.9. The van der Waals surface area contributed by atoms with Crippen molar-refractivity contribution in [3.05, 3.63) is 95.7 Å². The van der Waals surface area contributed by atoms with Crippen LogP contribution in [0.1, 0.15) is 39.4 Å². The maximum Gasteiger partial charge on any atom is 0.276 e. The molecule has 0 spiro atoms. The molecule has 0 aliphatic rings. The van der Waals surface area contributed by atoms with Crippen LogP contribution in [0.3, 0.4) is 0 Å². The number of para-hydroxylation sites is 1. The Morgan fingerprint density at radius 2 is 1.55 bits per heavy atom. The molecule has 144 valence electrons. The van der Waals surface area contributed by atoms with Gasteiger partial charge >= 0.3 is 0 Å². The van der Waals surface area contributed by atoms with E-state index < -0.39 is 0 Å². The topological polar surface area (TPSA) is 71.1 Å². The van der Waals surface area contributed by atoms with Crippen LogP contribution in [-0.4, -0.2) is 16.2 Å². The standard InChI is InChI=1S/C23H19N3O2S/c1-15(16-9-3-2-4-10-16)24-22(27)17-11-5-7-13-19(17)25-23(28)21-18-12-6-8-14-20(18)29-26-21/h2-15H,1H3,(H,24,27)(H,25,28)/t15-/m1/s1. The molecule has 0 radical (unpaired) electrons. The third-order valence-electron chi connectivity index (χ3n) is 4.66. The van der Waals surface area contributed by atoms with Crippen molar-refractivity contribution in [3.63, 3.8) is 0 Å². The Labute approximate surface area is 172 Å². The van der Waals surface area contributed by atoms with E-state index in [1.165, 1.54) is 11.5 Å². The molecule has 1 heterocycles. The lowest BCUT2D eigenvalue weighted by Crippen LogP contribution is -2.28. The zero-order valence-corrected chi connectivity index (χ0v) is 16.6. The molecule has 0 aliphatic carbocycles. The Kier molecular flexibility index (Phi) is 5.35. The zero-order valence-electron chi connectivity index (χ0n) is 15.8. The zero-order chi connectivity index (χ0) is 20.2. The van der Waals surface area contributed by atoms with Crippen LogP contribution in [0, 0.1) is 0 Å². The minimum atomic E-state index is -0.334. The first-order valence-corrected chi connectivity index (χ1v) is 10.0. The van der Waals surface area contributed by atoms with E-state index >= 15 is 0 Å². The van der Waals surface area contributed by atoms with Gasteiger partial charge in [0.1, 0.15) is 5.69 Å². The molecule has 5 nitrogen and oxygen atoms in total. The van der Waals surface area contributed by atoms with Gasteiger partial charge in [0.2, 0.25) is 0 Å². The second kappa shape index (κ2) is 8.24. The number of aromatic nitrogens is 1. The fourth-order valence-electron chi connectivity index (χ4n) is 3.12. The third-order valence-corrected chi connectivity index (χ3v) is 5.49. The molecule has 1 aromatic heterocycles.